The van der Waals surface area contributed by atoms with Gasteiger partial charge in [-0.25, -0.2) is 0 Å². The van der Waals surface area contributed by atoms with Gasteiger partial charge in [-0.15, -0.1) is 0 Å². The SMILES string of the molecule is CCCCCCCCC/C=C\CCCCCCCCCC(=O)OCCCCCCCCCCCCCCCCCCCCCCC(=O)NC(CO)C(O)CCCCCCCCCCC. The van der Waals surface area contributed by atoms with Gasteiger partial charge < -0.3 is 20.3 Å². The Hall–Kier alpha value is -1.40. The maximum Gasteiger partial charge on any atom is 0.305 e. The van der Waals surface area contributed by atoms with E-state index in [-0.39, 0.29) is 18.5 Å². The van der Waals surface area contributed by atoms with Gasteiger partial charge in [-0.2, -0.15) is 0 Å². The van der Waals surface area contributed by atoms with Crippen molar-refractivity contribution in [2.75, 3.05) is 13.2 Å². The Morgan fingerprint density at radius 2 is 0.734 bits per heavy atom. The summed E-state index contributed by atoms with van der Waals surface area (Å²) in [6, 6.07) is -0.540. The summed E-state index contributed by atoms with van der Waals surface area (Å²) in [5, 5.41) is 23.1. The molecule has 2 unspecified atom stereocenters. The van der Waals surface area contributed by atoms with Crippen molar-refractivity contribution in [3.8, 4) is 0 Å². The lowest BCUT2D eigenvalue weighted by Gasteiger charge is -2.22. The number of carbonyl (C=O) groups excluding carboxylic acids is 2. The topological polar surface area (TPSA) is 95.9 Å². The minimum Gasteiger partial charge on any atom is -0.466 e. The zero-order valence-electron chi connectivity index (χ0n) is 43.3. The molecule has 64 heavy (non-hydrogen) atoms. The second kappa shape index (κ2) is 54.2. The Balaban J connectivity index is 3.34. The monoisotopic (exact) mass is 904 g/mol. The predicted molar refractivity (Wildman–Crippen MR) is 278 cm³/mol. The molecule has 0 aromatic heterocycles. The lowest BCUT2D eigenvalue weighted by Crippen LogP contribution is -2.45. The molecule has 1 amide bonds. The number of hydrogen-bond acceptors (Lipinski definition) is 5. The van der Waals surface area contributed by atoms with Crippen molar-refractivity contribution < 1.29 is 24.5 Å². The number of unbranched alkanes of at least 4 members (excludes halogenated alkanes) is 41. The van der Waals surface area contributed by atoms with Gasteiger partial charge in [0.05, 0.1) is 25.4 Å². The summed E-state index contributed by atoms with van der Waals surface area (Å²) < 4.78 is 5.49. The zero-order valence-corrected chi connectivity index (χ0v) is 43.3. The molecule has 0 aliphatic carbocycles. The fraction of sp³-hybridized carbons (Fsp3) is 0.931. The van der Waals surface area contributed by atoms with Crippen molar-refractivity contribution in [2.24, 2.45) is 0 Å². The van der Waals surface area contributed by atoms with E-state index >= 15 is 0 Å². The Bertz CT molecular complexity index is 955. The van der Waals surface area contributed by atoms with Crippen LogP contribution < -0.4 is 5.32 Å². The lowest BCUT2D eigenvalue weighted by atomic mass is 10.0. The average Bonchev–Trinajstić information content (AvgIpc) is 3.29. The summed E-state index contributed by atoms with van der Waals surface area (Å²) in [5.41, 5.74) is 0. The standard InChI is InChI=1S/C58H113NO5/c1-3-5-7-9-11-13-14-15-16-17-23-26-29-32-36-40-44-48-52-58(63)64-53-49-45-41-37-33-30-27-24-21-19-18-20-22-25-28-31-35-39-43-47-51-57(62)59-55(54-60)56(61)50-46-42-38-34-12-10-8-6-4-2/h16-17,55-56,60-61H,3-15,18-54H2,1-2H3,(H,59,62)/b17-16-. The molecular weight excluding hydrogens is 791 g/mol. The molecule has 0 saturated heterocycles. The largest absolute Gasteiger partial charge is 0.466 e. The quantitative estimate of drug-likeness (QED) is 0.0321. The van der Waals surface area contributed by atoms with Gasteiger partial charge in [-0.3, -0.25) is 9.59 Å². The van der Waals surface area contributed by atoms with E-state index in [9.17, 15) is 19.8 Å². The molecular formula is C58H113NO5. The number of esters is 1. The van der Waals surface area contributed by atoms with Crippen LogP contribution in [0.4, 0.5) is 0 Å². The molecule has 2 atom stereocenters. The first-order chi connectivity index (χ1) is 31.5. The van der Waals surface area contributed by atoms with E-state index in [1.165, 1.54) is 244 Å². The number of nitrogens with one attached hydrogen (secondary N) is 1. The number of ether oxygens (including phenoxy) is 1. The van der Waals surface area contributed by atoms with Gasteiger partial charge in [-0.1, -0.05) is 270 Å². The van der Waals surface area contributed by atoms with Gasteiger partial charge in [0, 0.05) is 12.8 Å². The number of carbonyl (C=O) groups is 2. The van der Waals surface area contributed by atoms with Crippen LogP contribution in [0.5, 0.6) is 0 Å². The van der Waals surface area contributed by atoms with E-state index in [0.29, 0.717) is 25.9 Å². The molecule has 6 heteroatoms. The third-order valence-corrected chi connectivity index (χ3v) is 13.6. The highest BCUT2D eigenvalue weighted by Gasteiger charge is 2.20. The van der Waals surface area contributed by atoms with Crippen LogP contribution in [0, 0.1) is 0 Å². The molecule has 6 nitrogen and oxygen atoms in total. The molecule has 0 aliphatic heterocycles. The Morgan fingerprint density at radius 1 is 0.422 bits per heavy atom. The van der Waals surface area contributed by atoms with Crippen LogP contribution >= 0.6 is 0 Å². The molecule has 0 aromatic rings. The minimum absolute atomic E-state index is 0.00799. The fourth-order valence-electron chi connectivity index (χ4n) is 9.11. The molecule has 0 radical (unpaired) electrons. The Morgan fingerprint density at radius 3 is 1.11 bits per heavy atom. The van der Waals surface area contributed by atoms with Gasteiger partial charge >= 0.3 is 5.97 Å². The molecule has 0 fully saturated rings. The number of amides is 1. The van der Waals surface area contributed by atoms with E-state index < -0.39 is 12.1 Å². The molecule has 0 rings (SSSR count). The first kappa shape index (κ1) is 62.6. The van der Waals surface area contributed by atoms with Crippen molar-refractivity contribution in [1.82, 2.24) is 5.32 Å². The summed E-state index contributed by atoms with van der Waals surface area (Å²) in [6.45, 7) is 4.94. The summed E-state index contributed by atoms with van der Waals surface area (Å²) in [5.74, 6) is -0.0303. The normalized spacial score (nSPS) is 12.6. The van der Waals surface area contributed by atoms with E-state index in [2.05, 4.69) is 31.3 Å². The second-order valence-electron chi connectivity index (χ2n) is 20.0. The molecule has 0 aliphatic rings. The van der Waals surface area contributed by atoms with Gasteiger partial charge in [-0.05, 0) is 51.4 Å². The van der Waals surface area contributed by atoms with Crippen LogP contribution in [0.25, 0.3) is 0 Å². The second-order valence-corrected chi connectivity index (χ2v) is 20.0. The minimum atomic E-state index is -0.662. The maximum atomic E-state index is 12.4. The van der Waals surface area contributed by atoms with Crippen molar-refractivity contribution in [3.05, 3.63) is 12.2 Å². The van der Waals surface area contributed by atoms with Gasteiger partial charge in [0.1, 0.15) is 0 Å². The number of hydrogen-bond donors (Lipinski definition) is 3. The van der Waals surface area contributed by atoms with Gasteiger partial charge in [0.2, 0.25) is 5.91 Å². The highest BCUT2D eigenvalue weighted by Crippen LogP contribution is 2.17. The van der Waals surface area contributed by atoms with Gasteiger partial charge in [0.25, 0.3) is 0 Å². The predicted octanol–water partition coefficient (Wildman–Crippen LogP) is 17.7. The summed E-state index contributed by atoms with van der Waals surface area (Å²) in [6.07, 6.45) is 63.6. The zero-order chi connectivity index (χ0) is 46.5. The third-order valence-electron chi connectivity index (χ3n) is 13.6. The van der Waals surface area contributed by atoms with Crippen LogP contribution in [-0.2, 0) is 14.3 Å². The molecule has 3 N–H and O–H groups in total. The van der Waals surface area contributed by atoms with Crippen LogP contribution in [-0.4, -0.2) is 47.4 Å². The Labute approximate surface area is 399 Å². The highest BCUT2D eigenvalue weighted by atomic mass is 16.5. The summed E-state index contributed by atoms with van der Waals surface area (Å²) in [4.78, 5) is 24.5. The van der Waals surface area contributed by atoms with Crippen LogP contribution in [0.15, 0.2) is 12.2 Å². The van der Waals surface area contributed by atoms with Crippen molar-refractivity contribution >= 4 is 11.9 Å². The molecule has 0 aromatic carbocycles. The van der Waals surface area contributed by atoms with E-state index in [1.54, 1.807) is 0 Å². The maximum absolute atomic E-state index is 12.4. The summed E-state index contributed by atoms with van der Waals surface area (Å²) in [7, 11) is 0. The average molecular weight is 905 g/mol. The molecule has 380 valence electrons. The first-order valence-electron chi connectivity index (χ1n) is 28.9. The summed E-state index contributed by atoms with van der Waals surface area (Å²) >= 11 is 0. The molecule has 0 saturated carbocycles. The fourth-order valence-corrected chi connectivity index (χ4v) is 9.11. The van der Waals surface area contributed by atoms with Crippen molar-refractivity contribution in [2.45, 2.75) is 334 Å². The van der Waals surface area contributed by atoms with E-state index in [4.69, 9.17) is 4.74 Å². The number of rotatable bonds is 54. The van der Waals surface area contributed by atoms with Crippen LogP contribution in [0.3, 0.4) is 0 Å². The smallest absolute Gasteiger partial charge is 0.305 e. The Kier molecular flexibility index (Phi) is 53.0. The number of aliphatic hydroxyl groups excluding tert-OH is 2. The molecule has 0 heterocycles. The number of allylic oxidation sites excluding steroid dienone is 2. The molecule has 0 spiro atoms. The van der Waals surface area contributed by atoms with E-state index in [0.717, 1.165) is 44.9 Å². The molecule has 0 bridgehead atoms. The van der Waals surface area contributed by atoms with Crippen molar-refractivity contribution in [3.63, 3.8) is 0 Å². The van der Waals surface area contributed by atoms with Crippen LogP contribution in [0.2, 0.25) is 0 Å². The first-order valence-corrected chi connectivity index (χ1v) is 28.9. The van der Waals surface area contributed by atoms with Crippen LogP contribution in [0.1, 0.15) is 322 Å². The lowest BCUT2D eigenvalue weighted by molar-refractivity contribution is -0.143. The third kappa shape index (κ3) is 50.0. The highest BCUT2D eigenvalue weighted by molar-refractivity contribution is 5.76. The van der Waals surface area contributed by atoms with Crippen molar-refractivity contribution in [1.29, 1.82) is 0 Å². The van der Waals surface area contributed by atoms with E-state index in [1.807, 2.05) is 0 Å². The van der Waals surface area contributed by atoms with Gasteiger partial charge in [0.15, 0.2) is 0 Å². The number of aliphatic hydroxyl groups is 2.